The summed E-state index contributed by atoms with van der Waals surface area (Å²) < 4.78 is 22.2. The third kappa shape index (κ3) is 9.90. The van der Waals surface area contributed by atoms with Crippen LogP contribution in [0.1, 0.15) is 0 Å². The summed E-state index contributed by atoms with van der Waals surface area (Å²) in [6, 6.07) is 0. The molecule has 0 amide bonds. The van der Waals surface area contributed by atoms with E-state index in [-0.39, 0.29) is 21.1 Å². The van der Waals surface area contributed by atoms with Crippen molar-refractivity contribution in [1.29, 1.82) is 0 Å². The van der Waals surface area contributed by atoms with Crippen molar-refractivity contribution in [2.45, 2.75) is 0 Å². The van der Waals surface area contributed by atoms with E-state index in [1.54, 1.807) is 0 Å². The quantitative estimate of drug-likeness (QED) is 0.707. The molecule has 0 bridgehead atoms. The van der Waals surface area contributed by atoms with Crippen molar-refractivity contribution < 1.29 is 44.3 Å². The maximum Gasteiger partial charge on any atom is 0.745 e. The fourth-order valence-corrected chi connectivity index (χ4v) is 0.538. The van der Waals surface area contributed by atoms with E-state index in [2.05, 4.69) is 4.31 Å². The zero-order valence-electron chi connectivity index (χ0n) is 3.33. The smallest absolute Gasteiger partial charge is 0.131 e. The third-order valence-corrected chi connectivity index (χ3v) is 1.26. The molecular weight excluding hydrogens is 337 g/mol. The van der Waals surface area contributed by atoms with Crippen molar-refractivity contribution in [3.63, 3.8) is 0 Å². The Bertz CT molecular complexity index is 86.6. The fraction of sp³-hybridized carbons (Fsp3) is 0. The second kappa shape index (κ2) is 5.90. The molecule has 0 aromatic carbocycles. The van der Waals surface area contributed by atoms with E-state index in [0.717, 1.165) is 0 Å². The van der Waals surface area contributed by atoms with Crippen LogP contribution in [0.5, 0.6) is 0 Å². The van der Waals surface area contributed by atoms with Gasteiger partial charge < -0.3 is 0 Å². The van der Waals surface area contributed by atoms with Gasteiger partial charge in [-0.15, -0.1) is 9.79 Å². The van der Waals surface area contributed by atoms with Gasteiger partial charge in [0.05, 0.1) is 0 Å². The van der Waals surface area contributed by atoms with Crippen molar-refractivity contribution in [3.8, 4) is 0 Å². The van der Waals surface area contributed by atoms with Gasteiger partial charge in [0.2, 0.25) is 0 Å². The molecule has 0 fully saturated rings. The van der Waals surface area contributed by atoms with Gasteiger partial charge in [0, 0.05) is 30.2 Å². The van der Waals surface area contributed by atoms with Crippen LogP contribution in [0.4, 0.5) is 0 Å². The van der Waals surface area contributed by atoms with Gasteiger partial charge in [0.1, 0.15) is 0 Å². The Morgan fingerprint density at radius 3 is 1.38 bits per heavy atom. The molecule has 0 aromatic heterocycles. The van der Waals surface area contributed by atoms with Crippen LogP contribution in [0, 0.1) is 0 Å². The van der Waals surface area contributed by atoms with Crippen LogP contribution < -0.4 is 0 Å². The number of hydrogen-bond donors (Lipinski definition) is 2. The average molecular weight is 339 g/mol. The molecule has 0 aliphatic rings. The molecular formula is H2O5P2Pt+2. The van der Waals surface area contributed by atoms with Gasteiger partial charge in [-0.1, -0.05) is 0 Å². The zero-order chi connectivity index (χ0) is 5.86. The molecule has 0 rings (SSSR count). The van der Waals surface area contributed by atoms with Gasteiger partial charge in [-0.3, -0.25) is 0 Å². The molecule has 0 aliphatic carbocycles. The van der Waals surface area contributed by atoms with Crippen LogP contribution in [0.2, 0.25) is 0 Å². The molecule has 5 nitrogen and oxygen atoms in total. The Morgan fingerprint density at radius 2 is 1.38 bits per heavy atom. The largest absolute Gasteiger partial charge is 0.745 e. The third-order valence-electron chi connectivity index (χ3n) is 0.140. The first-order chi connectivity index (χ1) is 3.13. The maximum absolute atomic E-state index is 9.39. The predicted molar refractivity (Wildman–Crippen MR) is 20.7 cm³/mol. The van der Waals surface area contributed by atoms with E-state index in [1.165, 1.54) is 0 Å². The van der Waals surface area contributed by atoms with Gasteiger partial charge in [-0.05, 0) is 0 Å². The van der Waals surface area contributed by atoms with E-state index < -0.39 is 16.5 Å². The summed E-state index contributed by atoms with van der Waals surface area (Å²) in [4.78, 5) is 15.3. The Hall–Kier alpha value is 0.768. The van der Waals surface area contributed by atoms with Gasteiger partial charge >= 0.3 is 16.5 Å². The molecule has 2 unspecified atom stereocenters. The molecule has 0 aliphatic heterocycles. The minimum Gasteiger partial charge on any atom is -0.131 e. The van der Waals surface area contributed by atoms with Gasteiger partial charge in [-0.25, -0.2) is 0 Å². The van der Waals surface area contributed by atoms with Gasteiger partial charge in [-0.2, -0.15) is 0 Å². The van der Waals surface area contributed by atoms with Crippen LogP contribution >= 0.6 is 16.5 Å². The normalized spacial score (nSPS) is 11.8. The molecule has 2 N–H and O–H groups in total. The topological polar surface area (TPSA) is 83.8 Å². The first-order valence-electron chi connectivity index (χ1n) is 1.13. The van der Waals surface area contributed by atoms with Crippen molar-refractivity contribution in [2.75, 3.05) is 0 Å². The average Bonchev–Trinajstić information content (AvgIpc) is 1.27. The first kappa shape index (κ1) is 11.6. The summed E-state index contributed by atoms with van der Waals surface area (Å²) in [5.41, 5.74) is 0. The van der Waals surface area contributed by atoms with Gasteiger partial charge in [0.15, 0.2) is 4.31 Å². The molecule has 2 atom stereocenters. The van der Waals surface area contributed by atoms with E-state index >= 15 is 0 Å². The maximum atomic E-state index is 9.39. The number of hydrogen-bond acceptors (Lipinski definition) is 3. The van der Waals surface area contributed by atoms with E-state index in [1.807, 2.05) is 0 Å². The minimum absolute atomic E-state index is 0. The van der Waals surface area contributed by atoms with E-state index in [9.17, 15) is 9.13 Å². The number of rotatable bonds is 2. The van der Waals surface area contributed by atoms with Crippen LogP contribution in [-0.2, 0) is 34.5 Å². The summed E-state index contributed by atoms with van der Waals surface area (Å²) in [7, 11) is -5.85. The summed E-state index contributed by atoms with van der Waals surface area (Å²) in [5, 5.41) is 0. The summed E-state index contributed by atoms with van der Waals surface area (Å²) in [5.74, 6) is 0. The molecule has 0 heterocycles. The predicted octanol–water partition coefficient (Wildman–Crippen LogP) is 0.300. The summed E-state index contributed by atoms with van der Waals surface area (Å²) >= 11 is 0. The monoisotopic (exact) mass is 339 g/mol. The Morgan fingerprint density at radius 1 is 1.12 bits per heavy atom. The molecule has 0 saturated carbocycles. The van der Waals surface area contributed by atoms with Crippen molar-refractivity contribution in [2.24, 2.45) is 0 Å². The SMILES string of the molecule is O=[P+](O)O[P+](=O)O.[Pt]. The second-order valence-corrected chi connectivity index (χ2v) is 2.16. The zero-order valence-corrected chi connectivity index (χ0v) is 7.39. The molecule has 0 spiro atoms. The molecule has 0 saturated heterocycles. The van der Waals surface area contributed by atoms with Crippen molar-refractivity contribution >= 4 is 16.5 Å². The van der Waals surface area contributed by atoms with Gasteiger partial charge in [0.25, 0.3) is 0 Å². The summed E-state index contributed by atoms with van der Waals surface area (Å²) in [6.45, 7) is 0. The Balaban J connectivity index is 0. The molecule has 0 radical (unpaired) electrons. The molecule has 0 aromatic rings. The van der Waals surface area contributed by atoms with Crippen LogP contribution in [0.25, 0.3) is 0 Å². The van der Waals surface area contributed by atoms with E-state index in [0.29, 0.717) is 0 Å². The standard InChI is InChI=1S/O5P2.Pt/c1-6(2)5-7(3)4;/p+2. The van der Waals surface area contributed by atoms with Crippen molar-refractivity contribution in [3.05, 3.63) is 0 Å². The molecule has 8 heavy (non-hydrogen) atoms. The Labute approximate surface area is 61.2 Å². The summed E-state index contributed by atoms with van der Waals surface area (Å²) in [6.07, 6.45) is 0. The van der Waals surface area contributed by atoms with Crippen LogP contribution in [0.3, 0.4) is 0 Å². The van der Waals surface area contributed by atoms with Crippen LogP contribution in [-0.4, -0.2) is 9.79 Å². The Kier molecular flexibility index (Phi) is 8.51. The first-order valence-corrected chi connectivity index (χ1v) is 3.39. The minimum atomic E-state index is -2.92. The van der Waals surface area contributed by atoms with Crippen LogP contribution in [0.15, 0.2) is 0 Å². The van der Waals surface area contributed by atoms with E-state index in [4.69, 9.17) is 9.79 Å². The molecule has 8 heteroatoms. The second-order valence-electron chi connectivity index (χ2n) is 0.557. The fourth-order valence-electron chi connectivity index (χ4n) is 0.0598. The van der Waals surface area contributed by atoms with Crippen molar-refractivity contribution in [1.82, 2.24) is 0 Å². The molecule has 50 valence electrons.